The first-order valence-electron chi connectivity index (χ1n) is 5.96. The molecule has 17 heavy (non-hydrogen) atoms. The van der Waals surface area contributed by atoms with Crippen LogP contribution in [-0.4, -0.2) is 29.7 Å². The van der Waals surface area contributed by atoms with Gasteiger partial charge in [0.25, 0.3) is 0 Å². The molecule has 94 valence electrons. The Morgan fingerprint density at radius 2 is 2.00 bits per heavy atom. The molecular weight excluding hydrogens is 216 g/mol. The lowest BCUT2D eigenvalue weighted by atomic mass is 9.97. The second kappa shape index (κ2) is 5.72. The summed E-state index contributed by atoms with van der Waals surface area (Å²) in [5.41, 5.74) is -0.436. The number of allylic oxidation sites excluding steroid dienone is 2. The molecule has 0 saturated carbocycles. The highest BCUT2D eigenvalue weighted by Crippen LogP contribution is 2.20. The molecule has 0 aliphatic carbocycles. The van der Waals surface area contributed by atoms with Gasteiger partial charge in [-0.15, -0.1) is 0 Å². The van der Waals surface area contributed by atoms with E-state index in [0.717, 1.165) is 12.8 Å². The van der Waals surface area contributed by atoms with E-state index < -0.39 is 5.60 Å². The molecule has 1 amide bonds. The van der Waals surface area contributed by atoms with Crippen molar-refractivity contribution in [2.24, 2.45) is 5.92 Å². The fourth-order valence-electron chi connectivity index (χ4n) is 1.78. The summed E-state index contributed by atoms with van der Waals surface area (Å²) in [5, 5.41) is 8.44. The molecule has 0 aromatic rings. The van der Waals surface area contributed by atoms with Crippen LogP contribution in [0.1, 0.15) is 33.6 Å². The van der Waals surface area contributed by atoms with Gasteiger partial charge in [-0.2, -0.15) is 5.26 Å². The molecular formula is C13H20N2O2. The van der Waals surface area contributed by atoms with E-state index in [9.17, 15) is 4.79 Å². The van der Waals surface area contributed by atoms with Gasteiger partial charge < -0.3 is 9.64 Å². The van der Waals surface area contributed by atoms with E-state index in [2.05, 4.69) is 0 Å². The number of hydrogen-bond acceptors (Lipinski definition) is 3. The molecule has 1 fully saturated rings. The highest BCUT2D eigenvalue weighted by atomic mass is 16.6. The van der Waals surface area contributed by atoms with Crippen molar-refractivity contribution in [2.75, 3.05) is 13.1 Å². The number of nitrogens with zero attached hydrogens (tertiary/aromatic N) is 2. The van der Waals surface area contributed by atoms with Gasteiger partial charge in [-0.1, -0.05) is 6.08 Å². The Balaban J connectivity index is 2.39. The Hall–Kier alpha value is -1.50. The van der Waals surface area contributed by atoms with Gasteiger partial charge in [0.2, 0.25) is 0 Å². The lowest BCUT2D eigenvalue weighted by Crippen LogP contribution is -2.41. The summed E-state index contributed by atoms with van der Waals surface area (Å²) in [6.07, 6.45) is 5.01. The van der Waals surface area contributed by atoms with E-state index in [4.69, 9.17) is 10.00 Å². The second-order valence-electron chi connectivity index (χ2n) is 5.29. The Morgan fingerprint density at radius 1 is 1.41 bits per heavy atom. The summed E-state index contributed by atoms with van der Waals surface area (Å²) in [4.78, 5) is 13.5. The normalized spacial score (nSPS) is 18.1. The minimum atomic E-state index is -0.436. The van der Waals surface area contributed by atoms with Crippen molar-refractivity contribution in [1.82, 2.24) is 4.90 Å². The van der Waals surface area contributed by atoms with Crippen LogP contribution in [-0.2, 0) is 4.74 Å². The van der Waals surface area contributed by atoms with Gasteiger partial charge in [-0.3, -0.25) is 0 Å². The minimum absolute atomic E-state index is 0.236. The summed E-state index contributed by atoms with van der Waals surface area (Å²) in [7, 11) is 0. The van der Waals surface area contributed by atoms with Crippen molar-refractivity contribution < 1.29 is 9.53 Å². The minimum Gasteiger partial charge on any atom is -0.444 e. The molecule has 0 aromatic heterocycles. The summed E-state index contributed by atoms with van der Waals surface area (Å²) in [5.74, 6) is 0.410. The van der Waals surface area contributed by atoms with E-state index in [0.29, 0.717) is 19.0 Å². The number of rotatable bonds is 1. The molecule has 1 rings (SSSR count). The van der Waals surface area contributed by atoms with E-state index >= 15 is 0 Å². The van der Waals surface area contributed by atoms with Crippen molar-refractivity contribution in [2.45, 2.75) is 39.2 Å². The highest BCUT2D eigenvalue weighted by molar-refractivity contribution is 5.68. The molecule has 0 N–H and O–H groups in total. The average molecular weight is 236 g/mol. The van der Waals surface area contributed by atoms with Gasteiger partial charge in [0.1, 0.15) is 5.60 Å². The topological polar surface area (TPSA) is 53.3 Å². The van der Waals surface area contributed by atoms with Crippen LogP contribution in [0.5, 0.6) is 0 Å². The Bertz CT molecular complexity index is 328. The summed E-state index contributed by atoms with van der Waals surface area (Å²) in [6, 6.07) is 1.99. The van der Waals surface area contributed by atoms with Crippen LogP contribution in [0.2, 0.25) is 0 Å². The third kappa shape index (κ3) is 4.90. The molecule has 0 unspecified atom stereocenters. The van der Waals surface area contributed by atoms with Gasteiger partial charge in [-0.25, -0.2) is 4.79 Å². The third-order valence-corrected chi connectivity index (χ3v) is 2.63. The van der Waals surface area contributed by atoms with Crippen molar-refractivity contribution >= 4 is 6.09 Å². The van der Waals surface area contributed by atoms with Crippen LogP contribution < -0.4 is 0 Å². The quantitative estimate of drug-likeness (QED) is 0.658. The number of piperidine rings is 1. The molecule has 0 bridgehead atoms. The van der Waals surface area contributed by atoms with Crippen LogP contribution in [0.3, 0.4) is 0 Å². The molecule has 0 aromatic carbocycles. The van der Waals surface area contributed by atoms with Crippen LogP contribution in [0.15, 0.2) is 12.2 Å². The lowest BCUT2D eigenvalue weighted by molar-refractivity contribution is 0.0197. The summed E-state index contributed by atoms with van der Waals surface area (Å²) >= 11 is 0. The molecule has 1 aliphatic heterocycles. The Kier molecular flexibility index (Phi) is 4.56. The first kappa shape index (κ1) is 13.6. The number of carbonyl (C=O) groups excluding carboxylic acids is 1. The molecule has 1 aliphatic rings. The van der Waals surface area contributed by atoms with Crippen molar-refractivity contribution in [3.8, 4) is 6.07 Å². The lowest BCUT2D eigenvalue weighted by Gasteiger charge is -2.32. The highest BCUT2D eigenvalue weighted by Gasteiger charge is 2.25. The van der Waals surface area contributed by atoms with Crippen LogP contribution >= 0.6 is 0 Å². The molecule has 0 spiro atoms. The van der Waals surface area contributed by atoms with Gasteiger partial charge in [-0.05, 0) is 39.5 Å². The maximum atomic E-state index is 11.8. The van der Waals surface area contributed by atoms with E-state index in [1.807, 2.05) is 32.9 Å². The molecule has 1 heterocycles. The number of hydrogen-bond donors (Lipinski definition) is 0. The van der Waals surface area contributed by atoms with Gasteiger partial charge in [0, 0.05) is 19.2 Å². The van der Waals surface area contributed by atoms with E-state index in [-0.39, 0.29) is 6.09 Å². The number of nitriles is 1. The van der Waals surface area contributed by atoms with Gasteiger partial charge >= 0.3 is 6.09 Å². The van der Waals surface area contributed by atoms with Crippen molar-refractivity contribution in [1.29, 1.82) is 5.26 Å². The Labute approximate surface area is 103 Å². The molecule has 0 radical (unpaired) electrons. The molecule has 1 saturated heterocycles. The van der Waals surface area contributed by atoms with E-state index in [1.165, 1.54) is 6.08 Å². The standard InChI is InChI=1S/C13H20N2O2/c1-13(2,3)17-12(16)15-9-6-11(7-10-15)5-4-8-14/h4-5,11H,6-7,9-10H2,1-3H3/b5-4+. The third-order valence-electron chi connectivity index (χ3n) is 2.63. The SMILES string of the molecule is CC(C)(C)OC(=O)N1CCC(/C=C/C#N)CC1. The number of carbonyl (C=O) groups is 1. The predicted octanol–water partition coefficient (Wildman–Crippen LogP) is 2.71. The number of likely N-dealkylation sites (tertiary alicyclic amines) is 1. The molecule has 0 atom stereocenters. The first-order chi connectivity index (χ1) is 7.92. The van der Waals surface area contributed by atoms with Crippen LogP contribution in [0.25, 0.3) is 0 Å². The zero-order chi connectivity index (χ0) is 12.9. The monoisotopic (exact) mass is 236 g/mol. The van der Waals surface area contributed by atoms with Crippen LogP contribution in [0, 0.1) is 17.2 Å². The fourth-order valence-corrected chi connectivity index (χ4v) is 1.78. The first-order valence-corrected chi connectivity index (χ1v) is 5.96. The molecule has 4 nitrogen and oxygen atoms in total. The van der Waals surface area contributed by atoms with Crippen LogP contribution in [0.4, 0.5) is 4.79 Å². The second-order valence-corrected chi connectivity index (χ2v) is 5.29. The largest absolute Gasteiger partial charge is 0.444 e. The van der Waals surface area contributed by atoms with Crippen molar-refractivity contribution in [3.05, 3.63) is 12.2 Å². The van der Waals surface area contributed by atoms with Gasteiger partial charge in [0.05, 0.1) is 6.07 Å². The zero-order valence-corrected chi connectivity index (χ0v) is 10.8. The smallest absolute Gasteiger partial charge is 0.410 e. The zero-order valence-electron chi connectivity index (χ0n) is 10.8. The molecule has 4 heteroatoms. The summed E-state index contributed by atoms with van der Waals surface area (Å²) < 4.78 is 5.31. The Morgan fingerprint density at radius 3 is 2.47 bits per heavy atom. The van der Waals surface area contributed by atoms with Crippen molar-refractivity contribution in [3.63, 3.8) is 0 Å². The van der Waals surface area contributed by atoms with Gasteiger partial charge in [0.15, 0.2) is 0 Å². The summed E-state index contributed by atoms with van der Waals surface area (Å²) in [6.45, 7) is 7.01. The maximum absolute atomic E-state index is 11.8. The average Bonchev–Trinajstić information content (AvgIpc) is 2.24. The maximum Gasteiger partial charge on any atom is 0.410 e. The number of amides is 1. The number of ether oxygens (including phenoxy) is 1. The fraction of sp³-hybridized carbons (Fsp3) is 0.692. The van der Waals surface area contributed by atoms with E-state index in [1.54, 1.807) is 4.90 Å². The predicted molar refractivity (Wildman–Crippen MR) is 65.3 cm³/mol.